The first-order valence-corrected chi connectivity index (χ1v) is 5.02. The Morgan fingerprint density at radius 3 is 2.00 bits per heavy atom. The largest absolute Gasteiger partial charge is 0.418 e. The van der Waals surface area contributed by atoms with E-state index in [1.54, 1.807) is 5.43 Å². The van der Waals surface area contributed by atoms with Crippen LogP contribution >= 0.6 is 0 Å². The number of hydrogen-bond acceptors (Lipinski definition) is 4. The van der Waals surface area contributed by atoms with E-state index in [0.29, 0.717) is 0 Å². The number of hydrazone groups is 1. The molecule has 0 saturated carbocycles. The minimum absolute atomic E-state index is 0.193. The maximum atomic E-state index is 12.7. The van der Waals surface area contributed by atoms with Gasteiger partial charge in [-0.1, -0.05) is 0 Å². The van der Waals surface area contributed by atoms with Crippen molar-refractivity contribution < 1.29 is 26.3 Å². The van der Waals surface area contributed by atoms with Crippen molar-refractivity contribution in [2.45, 2.75) is 12.4 Å². The molecule has 0 spiro atoms. The summed E-state index contributed by atoms with van der Waals surface area (Å²) in [6, 6.07) is 3.20. The van der Waals surface area contributed by atoms with Crippen molar-refractivity contribution in [3.05, 3.63) is 29.3 Å². The van der Waals surface area contributed by atoms with Crippen LogP contribution in [0.4, 0.5) is 32.0 Å². The van der Waals surface area contributed by atoms with Crippen molar-refractivity contribution in [2.24, 2.45) is 5.10 Å². The molecule has 0 unspecified atom stereocenters. The van der Waals surface area contributed by atoms with Crippen molar-refractivity contribution in [1.82, 2.24) is 0 Å². The molecule has 0 aliphatic rings. The van der Waals surface area contributed by atoms with E-state index >= 15 is 0 Å². The number of nitriles is 2. The van der Waals surface area contributed by atoms with Crippen LogP contribution in [0.3, 0.4) is 0 Å². The van der Waals surface area contributed by atoms with E-state index < -0.39 is 34.9 Å². The van der Waals surface area contributed by atoms with E-state index in [1.165, 1.54) is 12.1 Å². The lowest BCUT2D eigenvalue weighted by molar-refractivity contribution is -0.140. The Balaban J connectivity index is 3.35. The maximum absolute atomic E-state index is 12.7. The lowest BCUT2D eigenvalue weighted by Gasteiger charge is -2.15. The predicted molar refractivity (Wildman–Crippen MR) is 58.7 cm³/mol. The number of hydrogen-bond donors (Lipinski definition) is 1. The van der Waals surface area contributed by atoms with Crippen LogP contribution in [0.15, 0.2) is 23.3 Å². The topological polar surface area (TPSA) is 72.0 Å². The quantitative estimate of drug-likeness (QED) is 0.516. The van der Waals surface area contributed by atoms with Gasteiger partial charge in [-0.25, -0.2) is 0 Å². The molecule has 1 aromatic rings. The van der Waals surface area contributed by atoms with Crippen molar-refractivity contribution >= 4 is 11.4 Å². The minimum Gasteiger partial charge on any atom is -0.276 e. The normalized spacial score (nSPS) is 11.2. The molecular weight excluding hydrogens is 302 g/mol. The van der Waals surface area contributed by atoms with Gasteiger partial charge in [0.2, 0.25) is 5.71 Å². The third kappa shape index (κ3) is 4.11. The molecule has 0 fully saturated rings. The maximum Gasteiger partial charge on any atom is 0.418 e. The molecule has 4 nitrogen and oxygen atoms in total. The van der Waals surface area contributed by atoms with Gasteiger partial charge in [0.05, 0.1) is 16.8 Å². The van der Waals surface area contributed by atoms with Gasteiger partial charge in [0.15, 0.2) is 0 Å². The van der Waals surface area contributed by atoms with Gasteiger partial charge in [0.1, 0.15) is 12.1 Å². The van der Waals surface area contributed by atoms with Crippen LogP contribution in [-0.2, 0) is 12.4 Å². The Morgan fingerprint density at radius 1 is 1.00 bits per heavy atom. The van der Waals surface area contributed by atoms with Gasteiger partial charge in [0.25, 0.3) is 0 Å². The number of benzene rings is 1. The Bertz CT molecular complexity index is 629. The zero-order valence-corrected chi connectivity index (χ0v) is 9.84. The third-order valence-electron chi connectivity index (χ3n) is 2.15. The molecule has 0 radical (unpaired) electrons. The van der Waals surface area contributed by atoms with E-state index in [-0.39, 0.29) is 18.2 Å². The summed E-state index contributed by atoms with van der Waals surface area (Å²) in [4.78, 5) is 0. The summed E-state index contributed by atoms with van der Waals surface area (Å²) in [5, 5.41) is 19.7. The fourth-order valence-corrected chi connectivity index (χ4v) is 1.25. The number of nitrogens with zero attached hydrogens (tertiary/aromatic N) is 3. The van der Waals surface area contributed by atoms with Crippen molar-refractivity contribution in [1.29, 1.82) is 10.5 Å². The predicted octanol–water partition coefficient (Wildman–Crippen LogP) is 3.54. The van der Waals surface area contributed by atoms with Gasteiger partial charge >= 0.3 is 12.4 Å². The first-order chi connectivity index (χ1) is 9.59. The molecule has 0 aromatic heterocycles. The van der Waals surface area contributed by atoms with E-state index in [2.05, 4.69) is 5.10 Å². The van der Waals surface area contributed by atoms with Crippen molar-refractivity contribution in [3.63, 3.8) is 0 Å². The van der Waals surface area contributed by atoms with Crippen LogP contribution in [0, 0.1) is 22.7 Å². The molecule has 1 N–H and O–H groups in total. The molecule has 21 heavy (non-hydrogen) atoms. The highest BCUT2D eigenvalue weighted by Gasteiger charge is 2.37. The molecule has 0 heterocycles. The summed E-state index contributed by atoms with van der Waals surface area (Å²) in [6.07, 6.45) is -9.78. The van der Waals surface area contributed by atoms with E-state index in [9.17, 15) is 26.3 Å². The SMILES string of the molecule is N#CC(C#N)=NNc1cc(C(F)(F)F)ccc1C(F)(F)F. The Labute approximate surface area is 113 Å². The number of halogens is 6. The molecule has 0 amide bonds. The molecule has 0 bridgehead atoms. The summed E-state index contributed by atoms with van der Waals surface area (Å²) in [5.41, 5.74) is -2.93. The lowest BCUT2D eigenvalue weighted by atomic mass is 10.1. The highest BCUT2D eigenvalue weighted by atomic mass is 19.4. The average molecular weight is 306 g/mol. The third-order valence-corrected chi connectivity index (χ3v) is 2.15. The van der Waals surface area contributed by atoms with Crippen LogP contribution < -0.4 is 5.43 Å². The molecule has 0 saturated heterocycles. The first kappa shape index (κ1) is 16.3. The summed E-state index contributed by atoms with van der Waals surface area (Å²) < 4.78 is 75.4. The van der Waals surface area contributed by atoms with Gasteiger partial charge in [-0.15, -0.1) is 0 Å². The fraction of sp³-hybridized carbons (Fsp3) is 0.182. The Morgan fingerprint density at radius 2 is 1.57 bits per heavy atom. The molecular formula is C11H4F6N4. The number of nitrogens with one attached hydrogen (secondary N) is 1. The molecule has 0 aliphatic heterocycles. The smallest absolute Gasteiger partial charge is 0.276 e. The van der Waals surface area contributed by atoms with Gasteiger partial charge in [-0.3, -0.25) is 5.43 Å². The summed E-state index contributed by atoms with van der Waals surface area (Å²) in [7, 11) is 0. The van der Waals surface area contributed by atoms with Crippen LogP contribution in [-0.4, -0.2) is 5.71 Å². The van der Waals surface area contributed by atoms with E-state index in [1.807, 2.05) is 0 Å². The first-order valence-electron chi connectivity index (χ1n) is 5.02. The molecule has 0 atom stereocenters. The second-order valence-electron chi connectivity index (χ2n) is 3.55. The van der Waals surface area contributed by atoms with Gasteiger partial charge in [-0.05, 0) is 18.2 Å². The number of rotatable bonds is 2. The molecule has 0 aliphatic carbocycles. The van der Waals surface area contributed by atoms with E-state index in [0.717, 1.165) is 0 Å². The molecule has 10 heteroatoms. The molecule has 1 rings (SSSR count). The average Bonchev–Trinajstić information content (AvgIpc) is 2.37. The van der Waals surface area contributed by atoms with Gasteiger partial charge in [0, 0.05) is 0 Å². The molecule has 110 valence electrons. The van der Waals surface area contributed by atoms with Crippen LogP contribution in [0.2, 0.25) is 0 Å². The van der Waals surface area contributed by atoms with Crippen LogP contribution in [0.5, 0.6) is 0 Å². The lowest BCUT2D eigenvalue weighted by Crippen LogP contribution is -2.12. The Kier molecular flexibility index (Phi) is 4.43. The zero-order valence-electron chi connectivity index (χ0n) is 9.84. The highest BCUT2D eigenvalue weighted by Crippen LogP contribution is 2.38. The summed E-state index contributed by atoms with van der Waals surface area (Å²) in [6.45, 7) is 0. The second kappa shape index (κ2) is 5.71. The standard InChI is InChI=1S/C11H4F6N4/c12-10(13,14)6-1-2-8(11(15,16)17)9(3-6)21-20-7(4-18)5-19/h1-3,21H. The van der Waals surface area contributed by atoms with Crippen LogP contribution in [0.1, 0.15) is 11.1 Å². The van der Waals surface area contributed by atoms with Gasteiger partial charge < -0.3 is 0 Å². The fourth-order valence-electron chi connectivity index (χ4n) is 1.25. The van der Waals surface area contributed by atoms with Crippen molar-refractivity contribution in [3.8, 4) is 12.1 Å². The van der Waals surface area contributed by atoms with Gasteiger partial charge in [-0.2, -0.15) is 42.0 Å². The summed E-state index contributed by atoms with van der Waals surface area (Å²) >= 11 is 0. The zero-order chi connectivity index (χ0) is 16.3. The Hall–Kier alpha value is -2.75. The second-order valence-corrected chi connectivity index (χ2v) is 3.55. The monoisotopic (exact) mass is 306 g/mol. The highest BCUT2D eigenvalue weighted by molar-refractivity contribution is 6.10. The van der Waals surface area contributed by atoms with Crippen molar-refractivity contribution in [2.75, 3.05) is 5.43 Å². The minimum atomic E-state index is -4.93. The van der Waals surface area contributed by atoms with Crippen LogP contribution in [0.25, 0.3) is 0 Å². The number of alkyl halides is 6. The molecule has 1 aromatic carbocycles. The van der Waals surface area contributed by atoms with E-state index in [4.69, 9.17) is 10.5 Å². The summed E-state index contributed by atoms with van der Waals surface area (Å²) in [5.74, 6) is 0. The number of anilines is 1.